The monoisotopic (exact) mass is 479 g/mol. The summed E-state index contributed by atoms with van der Waals surface area (Å²) in [5.74, 6) is -4.76. The number of alkyl halides is 6. The zero-order chi connectivity index (χ0) is 25.0. The first-order chi connectivity index (χ1) is 15.2. The van der Waals surface area contributed by atoms with Crippen LogP contribution in [0.1, 0.15) is 21.0 Å². The van der Waals surface area contributed by atoms with Crippen LogP contribution in [0, 0.1) is 0 Å². The van der Waals surface area contributed by atoms with Gasteiger partial charge in [0.1, 0.15) is 6.54 Å². The molecule has 0 saturated heterocycles. The van der Waals surface area contributed by atoms with E-state index in [0.29, 0.717) is 15.5 Å². The number of pyridine rings is 1. The number of carbonyl (C=O) groups excluding carboxylic acids is 1. The Bertz CT molecular complexity index is 1190. The lowest BCUT2D eigenvalue weighted by Gasteiger charge is -2.08. The fraction of sp³-hybridized carbons (Fsp3) is 0.176. The predicted molar refractivity (Wildman–Crippen MR) is 96.4 cm³/mol. The molecule has 0 fully saturated rings. The van der Waals surface area contributed by atoms with E-state index in [2.05, 4.69) is 20.6 Å². The van der Waals surface area contributed by atoms with Gasteiger partial charge in [-0.1, -0.05) is 17.3 Å². The number of carboxylic acid groups (broad SMARTS) is 2. The number of aromatic carboxylic acids is 1. The number of aromatic nitrogens is 4. The minimum atomic E-state index is -5.08. The van der Waals surface area contributed by atoms with Gasteiger partial charge in [-0.2, -0.15) is 26.3 Å². The average molecular weight is 479 g/mol. The molecule has 1 amide bonds. The summed E-state index contributed by atoms with van der Waals surface area (Å²) in [5, 5.41) is 26.2. The van der Waals surface area contributed by atoms with Gasteiger partial charge in [0.05, 0.1) is 6.20 Å². The van der Waals surface area contributed by atoms with Gasteiger partial charge in [0.25, 0.3) is 5.91 Å². The molecule has 3 rings (SSSR count). The van der Waals surface area contributed by atoms with Gasteiger partial charge in [-0.3, -0.25) is 4.79 Å². The third kappa shape index (κ3) is 6.88. The highest BCUT2D eigenvalue weighted by molar-refractivity contribution is 6.11. The summed E-state index contributed by atoms with van der Waals surface area (Å²) in [7, 11) is 0. The molecule has 0 saturated carbocycles. The van der Waals surface area contributed by atoms with Crippen molar-refractivity contribution in [2.75, 3.05) is 5.32 Å². The van der Waals surface area contributed by atoms with Crippen LogP contribution >= 0.6 is 0 Å². The number of hydrogen-bond donors (Lipinski definition) is 3. The fourth-order valence-corrected chi connectivity index (χ4v) is 2.34. The minimum Gasteiger partial charge on any atom is -0.476 e. The Morgan fingerprint density at radius 1 is 1.00 bits per heavy atom. The van der Waals surface area contributed by atoms with E-state index in [-0.39, 0.29) is 17.1 Å². The first kappa shape index (κ1) is 25.0. The topological polar surface area (TPSA) is 147 Å². The van der Waals surface area contributed by atoms with E-state index in [1.165, 1.54) is 30.5 Å². The van der Waals surface area contributed by atoms with Crippen molar-refractivity contribution in [1.82, 2.24) is 20.0 Å². The van der Waals surface area contributed by atoms with Gasteiger partial charge in [-0.05, 0) is 12.1 Å². The second kappa shape index (κ2) is 9.49. The van der Waals surface area contributed by atoms with Gasteiger partial charge >= 0.3 is 24.3 Å². The van der Waals surface area contributed by atoms with Crippen molar-refractivity contribution in [3.8, 4) is 0 Å². The average Bonchev–Trinajstić information content (AvgIpc) is 3.14. The van der Waals surface area contributed by atoms with Crippen molar-refractivity contribution in [2.45, 2.75) is 18.9 Å². The third-order valence-electron chi connectivity index (χ3n) is 3.61. The van der Waals surface area contributed by atoms with Crippen LogP contribution < -0.4 is 5.32 Å². The van der Waals surface area contributed by atoms with Crippen LogP contribution in [0.15, 0.2) is 36.7 Å². The summed E-state index contributed by atoms with van der Waals surface area (Å²) in [6, 6.07) is 6.08. The summed E-state index contributed by atoms with van der Waals surface area (Å²) in [4.78, 5) is 36.1. The number of rotatable bonds is 4. The van der Waals surface area contributed by atoms with Gasteiger partial charge in [-0.15, -0.1) is 5.10 Å². The Morgan fingerprint density at radius 2 is 1.64 bits per heavy atom. The summed E-state index contributed by atoms with van der Waals surface area (Å²) >= 11 is 0. The zero-order valence-corrected chi connectivity index (χ0v) is 15.8. The fourth-order valence-electron chi connectivity index (χ4n) is 2.34. The Labute approximate surface area is 178 Å². The van der Waals surface area contributed by atoms with Crippen LogP contribution in [-0.4, -0.2) is 60.4 Å². The number of fused-ring (bicyclic) bond motifs is 1. The van der Waals surface area contributed by atoms with E-state index in [0.717, 1.165) is 6.20 Å². The Hall–Kier alpha value is -4.24. The van der Waals surface area contributed by atoms with Gasteiger partial charge < -0.3 is 15.5 Å². The van der Waals surface area contributed by atoms with Crippen LogP contribution in [-0.2, 0) is 11.3 Å². The van der Waals surface area contributed by atoms with Crippen molar-refractivity contribution in [3.63, 3.8) is 0 Å². The molecule has 0 radical (unpaired) electrons. The van der Waals surface area contributed by atoms with Crippen LogP contribution in [0.25, 0.3) is 10.8 Å². The number of nitrogens with one attached hydrogen (secondary N) is 1. The lowest BCUT2D eigenvalue weighted by atomic mass is 10.1. The maximum absolute atomic E-state index is 12.3. The normalized spacial score (nSPS) is 11.5. The summed E-state index contributed by atoms with van der Waals surface area (Å²) in [6.45, 7) is -1.37. The molecule has 10 nitrogen and oxygen atoms in total. The van der Waals surface area contributed by atoms with E-state index in [4.69, 9.17) is 15.0 Å². The molecule has 0 atom stereocenters. The number of nitrogens with zero attached hydrogens (tertiary/aromatic N) is 4. The molecule has 0 bridgehead atoms. The number of aliphatic carboxylic acids is 1. The van der Waals surface area contributed by atoms with E-state index in [1.54, 1.807) is 0 Å². The van der Waals surface area contributed by atoms with Crippen LogP contribution in [0.3, 0.4) is 0 Å². The number of hydrogen-bond acceptors (Lipinski definition) is 6. The maximum atomic E-state index is 12.3. The Balaban J connectivity index is 0.000000479. The van der Waals surface area contributed by atoms with E-state index in [9.17, 15) is 35.9 Å². The second-order valence-corrected chi connectivity index (χ2v) is 6.04. The molecular formula is C17H11F6N5O5. The van der Waals surface area contributed by atoms with Crippen molar-refractivity contribution in [1.29, 1.82) is 0 Å². The standard InChI is InChI=1S/C15H10F3N5O3.C2HF3O2/c16-15(17,18)7-23-6-11(21-22-23)13(24)20-10-3-1-2-9-8(10)4-5-19-12(9)14(25)26;3-2(4,5)1(6)7/h1-6H,7H2,(H,20,24)(H,25,26);(H,6,7). The maximum Gasteiger partial charge on any atom is 0.490 e. The van der Waals surface area contributed by atoms with Crippen LogP contribution in [0.4, 0.5) is 32.0 Å². The molecule has 1 aromatic carbocycles. The molecule has 2 heterocycles. The van der Waals surface area contributed by atoms with Crippen molar-refractivity contribution < 1.29 is 50.9 Å². The molecule has 3 N–H and O–H groups in total. The zero-order valence-electron chi connectivity index (χ0n) is 15.8. The number of benzene rings is 1. The van der Waals surface area contributed by atoms with E-state index in [1.807, 2.05) is 0 Å². The van der Waals surface area contributed by atoms with Crippen molar-refractivity contribution >= 4 is 34.3 Å². The van der Waals surface area contributed by atoms with Crippen molar-refractivity contribution in [2.24, 2.45) is 0 Å². The van der Waals surface area contributed by atoms with E-state index >= 15 is 0 Å². The summed E-state index contributed by atoms with van der Waals surface area (Å²) in [6.07, 6.45) is -7.42. The highest BCUT2D eigenvalue weighted by atomic mass is 19.4. The number of anilines is 1. The number of carbonyl (C=O) groups is 3. The van der Waals surface area contributed by atoms with Crippen LogP contribution in [0.5, 0.6) is 0 Å². The molecule has 176 valence electrons. The van der Waals surface area contributed by atoms with Crippen LogP contribution in [0.2, 0.25) is 0 Å². The molecule has 0 aliphatic carbocycles. The van der Waals surface area contributed by atoms with Gasteiger partial charge in [0, 0.05) is 22.7 Å². The molecule has 33 heavy (non-hydrogen) atoms. The van der Waals surface area contributed by atoms with Gasteiger partial charge in [0.2, 0.25) is 0 Å². The molecule has 2 aromatic heterocycles. The Kier molecular flexibility index (Phi) is 7.20. The SMILES string of the molecule is O=C(Nc1cccc2c(C(=O)O)nccc12)c1cn(CC(F)(F)F)nn1.O=C(O)C(F)(F)F. The lowest BCUT2D eigenvalue weighted by molar-refractivity contribution is -0.192. The van der Waals surface area contributed by atoms with Crippen molar-refractivity contribution in [3.05, 3.63) is 48.0 Å². The first-order valence-corrected chi connectivity index (χ1v) is 8.38. The highest BCUT2D eigenvalue weighted by Crippen LogP contribution is 2.25. The minimum absolute atomic E-state index is 0.185. The second-order valence-electron chi connectivity index (χ2n) is 6.04. The third-order valence-corrected chi connectivity index (χ3v) is 3.61. The quantitative estimate of drug-likeness (QED) is 0.484. The number of carboxylic acids is 2. The van der Waals surface area contributed by atoms with Gasteiger partial charge in [-0.25, -0.2) is 19.3 Å². The smallest absolute Gasteiger partial charge is 0.476 e. The molecule has 0 aliphatic heterocycles. The molecular weight excluding hydrogens is 468 g/mol. The molecule has 0 aliphatic rings. The number of halogens is 6. The molecule has 0 spiro atoms. The molecule has 0 unspecified atom stereocenters. The lowest BCUT2D eigenvalue weighted by Crippen LogP contribution is -2.21. The summed E-state index contributed by atoms with van der Waals surface area (Å²) in [5.41, 5.74) is -0.226. The summed E-state index contributed by atoms with van der Waals surface area (Å²) < 4.78 is 69.2. The predicted octanol–water partition coefficient (Wildman–Crippen LogP) is 2.97. The van der Waals surface area contributed by atoms with E-state index < -0.39 is 36.7 Å². The molecule has 16 heteroatoms. The highest BCUT2D eigenvalue weighted by Gasteiger charge is 2.38. The largest absolute Gasteiger partial charge is 0.490 e. The number of amides is 1. The van der Waals surface area contributed by atoms with Gasteiger partial charge in [0.15, 0.2) is 11.4 Å². The first-order valence-electron chi connectivity index (χ1n) is 8.38. The molecule has 3 aromatic rings. The Morgan fingerprint density at radius 3 is 2.18 bits per heavy atom.